The Labute approximate surface area is 170 Å². The molecule has 1 aliphatic heterocycles. The number of anilines is 2. The topological polar surface area (TPSA) is 66.5 Å². The SMILES string of the molecule is CCc1ccccc1NC(=O)c1ccccc1N1C(=O)[C@H]2[C@H](C)C=CC[C@H]2C1=O. The second-order valence-corrected chi connectivity index (χ2v) is 7.65. The van der Waals surface area contributed by atoms with E-state index in [9.17, 15) is 14.4 Å². The lowest BCUT2D eigenvalue weighted by molar-refractivity contribution is -0.122. The van der Waals surface area contributed by atoms with Gasteiger partial charge in [-0.2, -0.15) is 0 Å². The van der Waals surface area contributed by atoms with Crippen LogP contribution in [0, 0.1) is 17.8 Å². The van der Waals surface area contributed by atoms with Crippen LogP contribution in [0.5, 0.6) is 0 Å². The number of benzene rings is 2. The maximum Gasteiger partial charge on any atom is 0.257 e. The van der Waals surface area contributed by atoms with E-state index in [1.54, 1.807) is 24.3 Å². The number of rotatable bonds is 4. The summed E-state index contributed by atoms with van der Waals surface area (Å²) in [5, 5.41) is 2.94. The third-order valence-corrected chi connectivity index (χ3v) is 5.91. The lowest BCUT2D eigenvalue weighted by atomic mass is 9.78. The average Bonchev–Trinajstić information content (AvgIpc) is 2.99. The van der Waals surface area contributed by atoms with E-state index in [2.05, 4.69) is 5.32 Å². The van der Waals surface area contributed by atoms with Crippen molar-refractivity contribution in [2.75, 3.05) is 10.2 Å². The van der Waals surface area contributed by atoms with E-state index >= 15 is 0 Å². The summed E-state index contributed by atoms with van der Waals surface area (Å²) in [4.78, 5) is 40.5. The van der Waals surface area contributed by atoms with Gasteiger partial charge < -0.3 is 5.32 Å². The summed E-state index contributed by atoms with van der Waals surface area (Å²) in [5.74, 6) is -1.46. The van der Waals surface area contributed by atoms with Crippen LogP contribution in [0.25, 0.3) is 0 Å². The van der Waals surface area contributed by atoms with Crippen LogP contribution in [0.15, 0.2) is 60.7 Å². The molecule has 0 saturated carbocycles. The van der Waals surface area contributed by atoms with Crippen molar-refractivity contribution < 1.29 is 14.4 Å². The first-order chi connectivity index (χ1) is 14.0. The Hall–Kier alpha value is -3.21. The largest absolute Gasteiger partial charge is 0.322 e. The first kappa shape index (κ1) is 19.1. The number of nitrogens with zero attached hydrogens (tertiary/aromatic N) is 1. The van der Waals surface area contributed by atoms with Crippen molar-refractivity contribution in [2.45, 2.75) is 26.7 Å². The quantitative estimate of drug-likeness (QED) is 0.630. The Morgan fingerprint density at radius 1 is 1.07 bits per heavy atom. The predicted octanol–water partition coefficient (Wildman–Crippen LogP) is 4.20. The third kappa shape index (κ3) is 3.27. The molecule has 1 aliphatic carbocycles. The van der Waals surface area contributed by atoms with Crippen LogP contribution >= 0.6 is 0 Å². The molecule has 1 fully saturated rings. The van der Waals surface area contributed by atoms with Crippen molar-refractivity contribution in [3.8, 4) is 0 Å². The van der Waals surface area contributed by atoms with Gasteiger partial charge in [0.25, 0.3) is 5.91 Å². The van der Waals surface area contributed by atoms with Crippen LogP contribution in [-0.4, -0.2) is 17.7 Å². The fourth-order valence-electron chi connectivity index (χ4n) is 4.39. The Balaban J connectivity index is 1.68. The molecule has 5 heteroatoms. The summed E-state index contributed by atoms with van der Waals surface area (Å²) >= 11 is 0. The van der Waals surface area contributed by atoms with Crippen LogP contribution in [-0.2, 0) is 16.0 Å². The molecule has 0 unspecified atom stereocenters. The Morgan fingerprint density at radius 2 is 1.79 bits per heavy atom. The van der Waals surface area contributed by atoms with Gasteiger partial charge in [0, 0.05) is 5.69 Å². The lowest BCUT2D eigenvalue weighted by Gasteiger charge is -2.22. The van der Waals surface area contributed by atoms with Gasteiger partial charge in [-0.05, 0) is 42.5 Å². The van der Waals surface area contributed by atoms with Crippen LogP contribution < -0.4 is 10.2 Å². The average molecular weight is 388 g/mol. The van der Waals surface area contributed by atoms with E-state index in [-0.39, 0.29) is 35.5 Å². The molecule has 3 amide bonds. The number of carbonyl (C=O) groups is 3. The fourth-order valence-corrected chi connectivity index (χ4v) is 4.39. The van der Waals surface area contributed by atoms with E-state index in [0.717, 1.165) is 17.7 Å². The number of nitrogens with one attached hydrogen (secondary N) is 1. The van der Waals surface area contributed by atoms with E-state index in [0.29, 0.717) is 17.7 Å². The van der Waals surface area contributed by atoms with Gasteiger partial charge in [0.05, 0.1) is 23.1 Å². The highest BCUT2D eigenvalue weighted by atomic mass is 16.2. The molecule has 4 rings (SSSR count). The van der Waals surface area contributed by atoms with Gasteiger partial charge in [-0.3, -0.25) is 14.4 Å². The van der Waals surface area contributed by atoms with Crippen molar-refractivity contribution in [1.29, 1.82) is 0 Å². The number of hydrogen-bond donors (Lipinski definition) is 1. The number of imide groups is 1. The second kappa shape index (κ2) is 7.66. The standard InChI is InChI=1S/C24H24N2O3/c1-3-16-10-4-6-13-19(16)25-22(27)17-11-5-7-14-20(17)26-23(28)18-12-8-9-15(2)21(18)24(26)29/h4-11,13-15,18,21H,3,12H2,1-2H3,(H,25,27)/t15-,18-,21+/m1/s1. The third-order valence-electron chi connectivity index (χ3n) is 5.91. The van der Waals surface area contributed by atoms with E-state index < -0.39 is 0 Å². The zero-order valence-corrected chi connectivity index (χ0v) is 16.6. The molecule has 148 valence electrons. The van der Waals surface area contributed by atoms with Gasteiger partial charge in [-0.15, -0.1) is 0 Å². The van der Waals surface area contributed by atoms with Gasteiger partial charge in [-0.25, -0.2) is 4.90 Å². The summed E-state index contributed by atoms with van der Waals surface area (Å²) in [5.41, 5.74) is 2.44. The molecule has 2 aliphatic rings. The minimum Gasteiger partial charge on any atom is -0.322 e. The number of amides is 3. The summed E-state index contributed by atoms with van der Waals surface area (Å²) in [6.45, 7) is 3.99. The van der Waals surface area contributed by atoms with E-state index in [1.165, 1.54) is 4.90 Å². The minimum atomic E-state index is -0.357. The Bertz CT molecular complexity index is 1010. The van der Waals surface area contributed by atoms with Crippen molar-refractivity contribution in [3.63, 3.8) is 0 Å². The molecule has 1 heterocycles. The zero-order chi connectivity index (χ0) is 20.5. The van der Waals surface area contributed by atoms with E-state index in [4.69, 9.17) is 0 Å². The van der Waals surface area contributed by atoms with Crippen molar-refractivity contribution in [2.24, 2.45) is 17.8 Å². The summed E-state index contributed by atoms with van der Waals surface area (Å²) in [6.07, 6.45) is 5.32. The highest BCUT2D eigenvalue weighted by Crippen LogP contribution is 2.41. The first-order valence-corrected chi connectivity index (χ1v) is 10.1. The molecule has 0 radical (unpaired) electrons. The molecule has 0 bridgehead atoms. The maximum absolute atomic E-state index is 13.1. The highest BCUT2D eigenvalue weighted by molar-refractivity contribution is 6.25. The monoisotopic (exact) mass is 388 g/mol. The summed E-state index contributed by atoms with van der Waals surface area (Å²) < 4.78 is 0. The molecule has 1 N–H and O–H groups in total. The molecule has 5 nitrogen and oxygen atoms in total. The summed E-state index contributed by atoms with van der Waals surface area (Å²) in [7, 11) is 0. The highest BCUT2D eigenvalue weighted by Gasteiger charge is 2.51. The Morgan fingerprint density at radius 3 is 2.55 bits per heavy atom. The van der Waals surface area contributed by atoms with Crippen molar-refractivity contribution in [3.05, 3.63) is 71.8 Å². The van der Waals surface area contributed by atoms with Gasteiger partial charge in [0.15, 0.2) is 0 Å². The number of carbonyl (C=O) groups excluding carboxylic acids is 3. The molecule has 29 heavy (non-hydrogen) atoms. The molecule has 1 saturated heterocycles. The predicted molar refractivity (Wildman–Crippen MR) is 113 cm³/mol. The van der Waals surface area contributed by atoms with Crippen molar-refractivity contribution >= 4 is 29.1 Å². The lowest BCUT2D eigenvalue weighted by Crippen LogP contribution is -2.33. The molecule has 3 atom stereocenters. The Kier molecular flexibility index (Phi) is 5.05. The maximum atomic E-state index is 13.1. The van der Waals surface area contributed by atoms with Crippen LogP contribution in [0.2, 0.25) is 0 Å². The molecular formula is C24H24N2O3. The van der Waals surface area contributed by atoms with Crippen LogP contribution in [0.1, 0.15) is 36.2 Å². The number of aryl methyl sites for hydroxylation is 1. The molecule has 2 aromatic carbocycles. The zero-order valence-electron chi connectivity index (χ0n) is 16.6. The number of hydrogen-bond acceptors (Lipinski definition) is 3. The molecule has 0 spiro atoms. The van der Waals surface area contributed by atoms with Gasteiger partial charge in [0.2, 0.25) is 11.8 Å². The molecule has 0 aromatic heterocycles. The number of allylic oxidation sites excluding steroid dienone is 2. The summed E-state index contributed by atoms with van der Waals surface area (Å²) in [6, 6.07) is 14.4. The first-order valence-electron chi connectivity index (χ1n) is 10.1. The van der Waals surface area contributed by atoms with Crippen LogP contribution in [0.3, 0.4) is 0 Å². The number of fused-ring (bicyclic) bond motifs is 1. The smallest absolute Gasteiger partial charge is 0.257 e. The van der Waals surface area contributed by atoms with Gasteiger partial charge in [0.1, 0.15) is 0 Å². The minimum absolute atomic E-state index is 0.00706. The van der Waals surface area contributed by atoms with Gasteiger partial charge >= 0.3 is 0 Å². The van der Waals surface area contributed by atoms with Crippen molar-refractivity contribution in [1.82, 2.24) is 0 Å². The number of para-hydroxylation sites is 2. The van der Waals surface area contributed by atoms with Gasteiger partial charge in [-0.1, -0.05) is 56.3 Å². The molecular weight excluding hydrogens is 364 g/mol. The fraction of sp³-hybridized carbons (Fsp3) is 0.292. The van der Waals surface area contributed by atoms with E-state index in [1.807, 2.05) is 50.3 Å². The van der Waals surface area contributed by atoms with Crippen LogP contribution in [0.4, 0.5) is 11.4 Å². The second-order valence-electron chi connectivity index (χ2n) is 7.65. The normalized spacial score (nSPS) is 23.2. The molecule has 2 aromatic rings.